The van der Waals surface area contributed by atoms with Crippen LogP contribution in [0.1, 0.15) is 21.7 Å². The van der Waals surface area contributed by atoms with Crippen LogP contribution in [0.2, 0.25) is 0 Å². The van der Waals surface area contributed by atoms with Crippen LogP contribution in [0, 0.1) is 6.92 Å². The van der Waals surface area contributed by atoms with E-state index in [0.29, 0.717) is 28.3 Å². The summed E-state index contributed by atoms with van der Waals surface area (Å²) in [7, 11) is 2.86. The molecule has 2 N–H and O–H groups in total. The molecule has 0 bridgehead atoms. The number of ketones is 1. The van der Waals surface area contributed by atoms with E-state index in [-0.39, 0.29) is 28.7 Å². The number of imidazole rings is 1. The van der Waals surface area contributed by atoms with E-state index in [1.165, 1.54) is 24.9 Å². The van der Waals surface area contributed by atoms with Crippen LogP contribution in [0.5, 0.6) is 17.2 Å². The third-order valence-corrected chi connectivity index (χ3v) is 5.06. The number of allylic oxidation sites excluding steroid dienone is 1. The highest BCUT2D eigenvalue weighted by molar-refractivity contribution is 6.07. The lowest BCUT2D eigenvalue weighted by atomic mass is 10.1. The maximum atomic E-state index is 12.8. The predicted molar refractivity (Wildman–Crippen MR) is 123 cm³/mol. The normalized spacial score (nSPS) is 11.1. The van der Waals surface area contributed by atoms with Gasteiger partial charge >= 0.3 is 5.69 Å². The van der Waals surface area contributed by atoms with E-state index in [1.54, 1.807) is 54.7 Å². The van der Waals surface area contributed by atoms with Crippen molar-refractivity contribution in [1.82, 2.24) is 9.55 Å². The Kier molecular flexibility index (Phi) is 5.91. The number of hydrogen-bond donors (Lipinski definition) is 2. The SMILES string of the molecule is COc1cc(C=CC(=O)c2cccc(-n3cc(-c4ccc(C)o4)[nH]c3=O)c2)cc(OC)c1O. The Morgan fingerprint density at radius 3 is 2.45 bits per heavy atom. The third-order valence-electron chi connectivity index (χ3n) is 5.06. The fourth-order valence-corrected chi connectivity index (χ4v) is 3.38. The molecule has 0 saturated heterocycles. The first-order chi connectivity index (χ1) is 15.9. The molecule has 0 unspecified atom stereocenters. The number of aromatic nitrogens is 2. The van der Waals surface area contributed by atoms with E-state index < -0.39 is 0 Å². The predicted octanol–water partition coefficient (Wildman–Crippen LogP) is 4.35. The van der Waals surface area contributed by atoms with Crippen molar-refractivity contribution in [3.63, 3.8) is 0 Å². The molecule has 168 valence electrons. The highest BCUT2D eigenvalue weighted by Crippen LogP contribution is 2.37. The number of carbonyl (C=O) groups is 1. The van der Waals surface area contributed by atoms with Crippen LogP contribution in [0.3, 0.4) is 0 Å². The van der Waals surface area contributed by atoms with Gasteiger partial charge < -0.3 is 24.0 Å². The number of aromatic amines is 1. The maximum Gasteiger partial charge on any atom is 0.330 e. The minimum absolute atomic E-state index is 0.114. The van der Waals surface area contributed by atoms with Crippen molar-refractivity contribution in [2.45, 2.75) is 6.92 Å². The number of benzene rings is 2. The number of nitrogens with zero attached hydrogens (tertiary/aromatic N) is 1. The molecule has 8 heteroatoms. The van der Waals surface area contributed by atoms with E-state index in [4.69, 9.17) is 13.9 Å². The van der Waals surface area contributed by atoms with Gasteiger partial charge in [0.2, 0.25) is 5.75 Å². The zero-order valence-electron chi connectivity index (χ0n) is 18.3. The van der Waals surface area contributed by atoms with Crippen molar-refractivity contribution in [3.05, 3.63) is 88.2 Å². The monoisotopic (exact) mass is 446 g/mol. The summed E-state index contributed by atoms with van der Waals surface area (Å²) in [5, 5.41) is 10.0. The lowest BCUT2D eigenvalue weighted by molar-refractivity contribution is 0.104. The molecule has 33 heavy (non-hydrogen) atoms. The Balaban J connectivity index is 1.61. The van der Waals surface area contributed by atoms with E-state index >= 15 is 0 Å². The van der Waals surface area contributed by atoms with Crippen molar-refractivity contribution in [1.29, 1.82) is 0 Å². The second-order valence-corrected chi connectivity index (χ2v) is 7.28. The molecule has 2 heterocycles. The van der Waals surface area contributed by atoms with Crippen molar-refractivity contribution in [2.75, 3.05) is 14.2 Å². The first kappa shape index (κ1) is 21.8. The van der Waals surface area contributed by atoms with Gasteiger partial charge in [-0.15, -0.1) is 0 Å². The number of aryl methyl sites for hydroxylation is 1. The molecule has 0 fully saturated rings. The third kappa shape index (κ3) is 4.45. The number of aromatic hydroxyl groups is 1. The van der Waals surface area contributed by atoms with Gasteiger partial charge in [-0.1, -0.05) is 18.2 Å². The zero-order valence-corrected chi connectivity index (χ0v) is 18.3. The van der Waals surface area contributed by atoms with Gasteiger partial charge in [0.15, 0.2) is 23.0 Å². The summed E-state index contributed by atoms with van der Waals surface area (Å²) in [5.41, 5.74) is 1.76. The van der Waals surface area contributed by atoms with Crippen LogP contribution in [-0.4, -0.2) is 34.7 Å². The van der Waals surface area contributed by atoms with Crippen molar-refractivity contribution in [3.8, 4) is 34.4 Å². The van der Waals surface area contributed by atoms with Crippen molar-refractivity contribution < 1.29 is 23.8 Å². The van der Waals surface area contributed by atoms with Crippen LogP contribution >= 0.6 is 0 Å². The van der Waals surface area contributed by atoms with Gasteiger partial charge in [0.05, 0.1) is 19.9 Å². The molecule has 0 aliphatic rings. The van der Waals surface area contributed by atoms with E-state index in [9.17, 15) is 14.7 Å². The van der Waals surface area contributed by atoms with Crippen LogP contribution in [0.4, 0.5) is 0 Å². The Bertz CT molecular complexity index is 1380. The summed E-state index contributed by atoms with van der Waals surface area (Å²) in [6.07, 6.45) is 4.63. The molecule has 0 atom stereocenters. The van der Waals surface area contributed by atoms with Crippen LogP contribution in [0.25, 0.3) is 23.2 Å². The molecule has 4 aromatic rings. The van der Waals surface area contributed by atoms with Gasteiger partial charge in [-0.2, -0.15) is 0 Å². The highest BCUT2D eigenvalue weighted by Gasteiger charge is 2.13. The number of carbonyl (C=O) groups excluding carboxylic acids is 1. The molecule has 0 amide bonds. The Labute approximate surface area is 189 Å². The average molecular weight is 446 g/mol. The lowest BCUT2D eigenvalue weighted by Crippen LogP contribution is -2.14. The van der Waals surface area contributed by atoms with Gasteiger partial charge in [-0.3, -0.25) is 9.36 Å². The molecule has 0 saturated carbocycles. The fourth-order valence-electron chi connectivity index (χ4n) is 3.38. The molecule has 2 aromatic heterocycles. The summed E-state index contributed by atoms with van der Waals surface area (Å²) in [6.45, 7) is 1.82. The van der Waals surface area contributed by atoms with Gasteiger partial charge in [0.25, 0.3) is 0 Å². The molecule has 2 aromatic carbocycles. The number of H-pyrrole nitrogens is 1. The minimum Gasteiger partial charge on any atom is -0.502 e. The lowest BCUT2D eigenvalue weighted by Gasteiger charge is -2.09. The molecule has 4 rings (SSSR count). The number of hydrogen-bond acceptors (Lipinski definition) is 6. The average Bonchev–Trinajstić information content (AvgIpc) is 3.43. The number of rotatable bonds is 7. The van der Waals surface area contributed by atoms with Crippen molar-refractivity contribution in [2.24, 2.45) is 0 Å². The second-order valence-electron chi connectivity index (χ2n) is 7.28. The molecular weight excluding hydrogens is 424 g/mol. The second kappa shape index (κ2) is 8.96. The Hall–Kier alpha value is -4.46. The van der Waals surface area contributed by atoms with Crippen LogP contribution < -0.4 is 15.2 Å². The maximum absolute atomic E-state index is 12.8. The van der Waals surface area contributed by atoms with Gasteiger partial charge in [-0.05, 0) is 55.0 Å². The largest absolute Gasteiger partial charge is 0.502 e. The number of phenols is 1. The fraction of sp³-hybridized carbons (Fsp3) is 0.120. The van der Waals surface area contributed by atoms with Crippen LogP contribution in [0.15, 0.2) is 70.0 Å². The molecule has 0 radical (unpaired) electrons. The van der Waals surface area contributed by atoms with Gasteiger partial charge in [0, 0.05) is 11.8 Å². The molecule has 0 aliphatic carbocycles. The first-order valence-electron chi connectivity index (χ1n) is 10.1. The molecule has 8 nitrogen and oxygen atoms in total. The van der Waals surface area contributed by atoms with Crippen LogP contribution in [-0.2, 0) is 0 Å². The number of ether oxygens (including phenoxy) is 2. The Morgan fingerprint density at radius 2 is 1.82 bits per heavy atom. The number of phenolic OH excluding ortho intramolecular Hbond substituents is 1. The zero-order chi connectivity index (χ0) is 23.5. The number of furan rings is 1. The molecule has 0 spiro atoms. The van der Waals surface area contributed by atoms with E-state index in [0.717, 1.165) is 5.76 Å². The summed E-state index contributed by atoms with van der Waals surface area (Å²) >= 11 is 0. The van der Waals surface area contributed by atoms with E-state index in [1.807, 2.05) is 13.0 Å². The standard InChI is InChI=1S/C25H22N2O6/c1-15-7-10-21(33-15)19-14-27(25(30)26-19)18-6-4-5-17(13-18)20(28)9-8-16-11-22(31-2)24(29)23(12-16)32-3/h4-14,29H,1-3H3,(H,26,30). The number of methoxy groups -OCH3 is 2. The summed E-state index contributed by atoms with van der Waals surface area (Å²) in [5.74, 6) is 1.39. The molecular formula is C25H22N2O6. The summed E-state index contributed by atoms with van der Waals surface area (Å²) in [4.78, 5) is 28.0. The van der Waals surface area contributed by atoms with Crippen molar-refractivity contribution >= 4 is 11.9 Å². The van der Waals surface area contributed by atoms with Gasteiger partial charge in [-0.25, -0.2) is 4.79 Å². The number of nitrogens with one attached hydrogen (secondary N) is 1. The minimum atomic E-state index is -0.345. The Morgan fingerprint density at radius 1 is 1.09 bits per heavy atom. The van der Waals surface area contributed by atoms with Gasteiger partial charge in [0.1, 0.15) is 11.5 Å². The highest BCUT2D eigenvalue weighted by atomic mass is 16.5. The molecule has 0 aliphatic heterocycles. The quantitative estimate of drug-likeness (QED) is 0.323. The van der Waals surface area contributed by atoms with E-state index in [2.05, 4.69) is 4.98 Å². The summed E-state index contributed by atoms with van der Waals surface area (Å²) < 4.78 is 17.3. The smallest absolute Gasteiger partial charge is 0.330 e. The summed E-state index contributed by atoms with van der Waals surface area (Å²) in [6, 6.07) is 13.5. The topological polar surface area (TPSA) is 107 Å². The first-order valence-corrected chi connectivity index (χ1v) is 10.1.